The van der Waals surface area contributed by atoms with Gasteiger partial charge in [-0.05, 0) is 62.3 Å². The predicted octanol–water partition coefficient (Wildman–Crippen LogP) is 2.98. The Balaban J connectivity index is 1.35. The van der Waals surface area contributed by atoms with Crippen LogP contribution < -0.4 is 16.0 Å². The van der Waals surface area contributed by atoms with Crippen molar-refractivity contribution in [2.45, 2.75) is 51.7 Å². The summed E-state index contributed by atoms with van der Waals surface area (Å²) in [5, 5.41) is 9.81. The second-order valence-corrected chi connectivity index (χ2v) is 9.03. The molecule has 29 heavy (non-hydrogen) atoms. The first-order valence-corrected chi connectivity index (χ1v) is 10.3. The molecule has 1 spiro atoms. The van der Waals surface area contributed by atoms with Gasteiger partial charge in [0.05, 0.1) is 12.1 Å². The van der Waals surface area contributed by atoms with Crippen LogP contribution in [0, 0.1) is 24.2 Å². The van der Waals surface area contributed by atoms with Crippen LogP contribution in [0.25, 0.3) is 0 Å². The van der Waals surface area contributed by atoms with Gasteiger partial charge in [-0.1, -0.05) is 6.92 Å². The van der Waals surface area contributed by atoms with E-state index in [9.17, 15) is 9.59 Å². The van der Waals surface area contributed by atoms with Gasteiger partial charge in [0.25, 0.3) is 5.91 Å². The lowest BCUT2D eigenvalue weighted by Gasteiger charge is -2.60. The van der Waals surface area contributed by atoms with Crippen molar-refractivity contribution >= 4 is 17.6 Å². The van der Waals surface area contributed by atoms with E-state index < -0.39 is 5.66 Å². The second-order valence-electron chi connectivity index (χ2n) is 9.03. The fraction of sp³-hybridized carbons (Fsp3) is 0.500. The van der Waals surface area contributed by atoms with Crippen LogP contribution in [0.3, 0.4) is 0 Å². The Morgan fingerprint density at radius 2 is 2.21 bits per heavy atom. The number of furan rings is 1. The summed E-state index contributed by atoms with van der Waals surface area (Å²) >= 11 is 0. The van der Waals surface area contributed by atoms with Crippen molar-refractivity contribution in [2.75, 3.05) is 5.32 Å². The standard InChI is InChI=1S/C22H26N4O3/c1-13-5-6-15(29-13)11-24-20(28)17-10-14-7-8-21(17,2)12-22(14)25-18-16(19(27)26-22)4-3-9-23-18/h3-6,9,14,17H,7-8,10-12H2,1-2H3,(H,23,25)(H,24,28)(H,26,27)/t14-,17+,21+,22-/m0/s1. The molecule has 0 aromatic carbocycles. The number of hydrogen-bond acceptors (Lipinski definition) is 5. The Kier molecular flexibility index (Phi) is 3.98. The van der Waals surface area contributed by atoms with Crippen LogP contribution in [0.1, 0.15) is 54.5 Å². The van der Waals surface area contributed by atoms with Crippen molar-refractivity contribution in [2.24, 2.45) is 17.3 Å². The maximum Gasteiger partial charge on any atom is 0.256 e. The molecule has 7 heteroatoms. The number of aryl methyl sites for hydroxylation is 1. The van der Waals surface area contributed by atoms with Gasteiger partial charge < -0.3 is 20.4 Å². The zero-order valence-electron chi connectivity index (χ0n) is 16.7. The third kappa shape index (κ3) is 2.91. The molecule has 3 fully saturated rings. The minimum Gasteiger partial charge on any atom is -0.465 e. The molecule has 1 aliphatic heterocycles. The molecule has 2 aromatic rings. The van der Waals surface area contributed by atoms with Gasteiger partial charge in [0.15, 0.2) is 0 Å². The smallest absolute Gasteiger partial charge is 0.256 e. The van der Waals surface area contributed by atoms with E-state index >= 15 is 0 Å². The fourth-order valence-corrected chi connectivity index (χ4v) is 5.60. The number of nitrogens with zero attached hydrogens (tertiary/aromatic N) is 1. The molecule has 3 saturated carbocycles. The van der Waals surface area contributed by atoms with E-state index in [0.29, 0.717) is 24.3 Å². The highest BCUT2D eigenvalue weighted by Crippen LogP contribution is 2.58. The number of nitrogens with one attached hydrogen (secondary N) is 3. The number of pyridine rings is 1. The number of fused-ring (bicyclic) bond motifs is 3. The first-order chi connectivity index (χ1) is 13.9. The van der Waals surface area contributed by atoms with E-state index in [1.165, 1.54) is 0 Å². The van der Waals surface area contributed by atoms with Gasteiger partial charge in [-0.2, -0.15) is 0 Å². The van der Waals surface area contributed by atoms with Crippen LogP contribution in [-0.4, -0.2) is 22.5 Å². The summed E-state index contributed by atoms with van der Waals surface area (Å²) in [7, 11) is 0. The second kappa shape index (κ2) is 6.34. The lowest BCUT2D eigenvalue weighted by Crippen LogP contribution is -2.70. The summed E-state index contributed by atoms with van der Waals surface area (Å²) in [6.07, 6.45) is 5.12. The topological polar surface area (TPSA) is 96.3 Å². The van der Waals surface area contributed by atoms with Crippen molar-refractivity contribution < 1.29 is 14.0 Å². The molecule has 3 N–H and O–H groups in total. The van der Waals surface area contributed by atoms with E-state index in [0.717, 1.165) is 30.8 Å². The van der Waals surface area contributed by atoms with Gasteiger partial charge in [-0.15, -0.1) is 0 Å². The van der Waals surface area contributed by atoms with Gasteiger partial charge in [0.1, 0.15) is 23.0 Å². The lowest BCUT2D eigenvalue weighted by molar-refractivity contribution is -0.139. The Bertz CT molecular complexity index is 986. The van der Waals surface area contributed by atoms with E-state index in [2.05, 4.69) is 27.9 Å². The molecule has 4 atom stereocenters. The summed E-state index contributed by atoms with van der Waals surface area (Å²) in [5.41, 5.74) is -0.141. The van der Waals surface area contributed by atoms with Crippen LogP contribution in [0.5, 0.6) is 0 Å². The normalized spacial score (nSPS) is 32.4. The van der Waals surface area contributed by atoms with Gasteiger partial charge >= 0.3 is 0 Å². The maximum atomic E-state index is 13.0. The highest BCUT2D eigenvalue weighted by molar-refractivity contribution is 6.01. The molecule has 2 amide bonds. The highest BCUT2D eigenvalue weighted by Gasteiger charge is 2.60. The molecule has 0 radical (unpaired) electrons. The summed E-state index contributed by atoms with van der Waals surface area (Å²) in [5.74, 6) is 2.34. The van der Waals surface area contributed by atoms with Gasteiger partial charge in [0.2, 0.25) is 5.91 Å². The van der Waals surface area contributed by atoms with E-state index in [-0.39, 0.29) is 29.1 Å². The summed E-state index contributed by atoms with van der Waals surface area (Å²) in [6, 6.07) is 7.35. The molecule has 2 bridgehead atoms. The van der Waals surface area contributed by atoms with E-state index in [1.807, 2.05) is 19.1 Å². The Morgan fingerprint density at radius 1 is 1.34 bits per heavy atom. The SMILES string of the molecule is Cc1ccc(CNC(=O)[C@H]2C[C@@H]3CC[C@]2(C)C[C@]32NC(=O)c3cccnc3N2)o1. The van der Waals surface area contributed by atoms with Crippen LogP contribution >= 0.6 is 0 Å². The molecule has 3 aliphatic carbocycles. The highest BCUT2D eigenvalue weighted by atomic mass is 16.3. The van der Waals surface area contributed by atoms with Crippen LogP contribution in [0.15, 0.2) is 34.9 Å². The molecule has 0 unspecified atom stereocenters. The Morgan fingerprint density at radius 3 is 2.97 bits per heavy atom. The lowest BCUT2D eigenvalue weighted by atomic mass is 9.51. The van der Waals surface area contributed by atoms with Crippen molar-refractivity contribution in [3.63, 3.8) is 0 Å². The number of carbonyl (C=O) groups is 2. The minimum absolute atomic E-state index is 0.0711. The first-order valence-electron chi connectivity index (χ1n) is 10.3. The summed E-state index contributed by atoms with van der Waals surface area (Å²) in [6.45, 7) is 4.47. The molecule has 4 aliphatic rings. The fourth-order valence-electron chi connectivity index (χ4n) is 5.60. The van der Waals surface area contributed by atoms with Crippen molar-refractivity contribution in [3.8, 4) is 0 Å². The molecular weight excluding hydrogens is 368 g/mol. The predicted molar refractivity (Wildman–Crippen MR) is 107 cm³/mol. The monoisotopic (exact) mass is 394 g/mol. The van der Waals surface area contributed by atoms with Crippen molar-refractivity contribution in [1.29, 1.82) is 0 Å². The third-order valence-corrected chi connectivity index (χ3v) is 7.08. The molecule has 7 nitrogen and oxygen atoms in total. The number of rotatable bonds is 3. The average molecular weight is 394 g/mol. The van der Waals surface area contributed by atoms with E-state index in [4.69, 9.17) is 4.42 Å². The largest absolute Gasteiger partial charge is 0.465 e. The Labute approximate surface area is 169 Å². The molecule has 0 saturated heterocycles. The van der Waals surface area contributed by atoms with Gasteiger partial charge in [-0.3, -0.25) is 9.59 Å². The third-order valence-electron chi connectivity index (χ3n) is 7.08. The van der Waals surface area contributed by atoms with Crippen molar-refractivity contribution in [1.82, 2.24) is 15.6 Å². The molecule has 3 heterocycles. The van der Waals surface area contributed by atoms with E-state index in [1.54, 1.807) is 18.3 Å². The quantitative estimate of drug-likeness (QED) is 0.744. The maximum absolute atomic E-state index is 13.0. The number of amides is 2. The van der Waals surface area contributed by atoms with Crippen LogP contribution in [-0.2, 0) is 11.3 Å². The molecule has 6 rings (SSSR count). The number of aromatic nitrogens is 1. The average Bonchev–Trinajstić information content (AvgIpc) is 3.11. The van der Waals surface area contributed by atoms with Crippen LogP contribution in [0.2, 0.25) is 0 Å². The van der Waals surface area contributed by atoms with Crippen LogP contribution in [0.4, 0.5) is 5.82 Å². The number of hydrogen-bond donors (Lipinski definition) is 3. The zero-order valence-corrected chi connectivity index (χ0v) is 16.7. The summed E-state index contributed by atoms with van der Waals surface area (Å²) in [4.78, 5) is 30.2. The number of anilines is 1. The molecular formula is C22H26N4O3. The minimum atomic E-state index is -0.527. The van der Waals surface area contributed by atoms with Gasteiger partial charge in [-0.25, -0.2) is 4.98 Å². The zero-order chi connectivity index (χ0) is 20.2. The van der Waals surface area contributed by atoms with Crippen molar-refractivity contribution in [3.05, 3.63) is 47.5 Å². The number of carbonyl (C=O) groups excluding carboxylic acids is 2. The van der Waals surface area contributed by atoms with Gasteiger partial charge in [0, 0.05) is 18.0 Å². The molecule has 152 valence electrons. The Hall–Kier alpha value is -2.83. The summed E-state index contributed by atoms with van der Waals surface area (Å²) < 4.78 is 5.56. The molecule has 2 aromatic heterocycles. The first kappa shape index (κ1) is 18.2.